The van der Waals surface area contributed by atoms with E-state index in [9.17, 15) is 0 Å². The van der Waals surface area contributed by atoms with E-state index in [1.165, 1.54) is 7.38 Å². The molecule has 0 radical (unpaired) electrons. The van der Waals surface area contributed by atoms with E-state index in [-0.39, 0.29) is 0 Å². The van der Waals surface area contributed by atoms with Crippen LogP contribution >= 0.6 is 45.5 Å². The predicted octanol–water partition coefficient (Wildman–Crippen LogP) is 5.89. The van der Waals surface area contributed by atoms with E-state index in [0.29, 0.717) is 0 Å². The van der Waals surface area contributed by atoms with Gasteiger partial charge in [-0.15, -0.1) is 11.3 Å². The lowest BCUT2D eigenvalue weighted by atomic mass is 10.5. The van der Waals surface area contributed by atoms with Crippen LogP contribution in [0.15, 0.2) is 6.07 Å². The monoisotopic (exact) mass is 400 g/mol. The molecule has 0 nitrogen and oxygen atoms in total. The fourth-order valence-electron chi connectivity index (χ4n) is 3.42. The van der Waals surface area contributed by atoms with E-state index in [1.54, 1.807) is 0 Å². The lowest BCUT2D eigenvalue weighted by Crippen LogP contribution is -2.54. The van der Waals surface area contributed by atoms with Crippen molar-refractivity contribution in [3.63, 3.8) is 0 Å². The Labute approximate surface area is 129 Å². The second-order valence-electron chi connectivity index (χ2n) is 5.62. The van der Waals surface area contributed by atoms with Gasteiger partial charge in [-0.25, -0.2) is 0 Å². The van der Waals surface area contributed by atoms with Crippen LogP contribution in [0.25, 0.3) is 0 Å². The summed E-state index contributed by atoms with van der Waals surface area (Å²) < 4.78 is 2.84. The first-order valence-electron chi connectivity index (χ1n) is 6.19. The van der Waals surface area contributed by atoms with Crippen molar-refractivity contribution in [2.24, 2.45) is 0 Å². The summed E-state index contributed by atoms with van der Waals surface area (Å²) in [5.74, 6) is 0. The van der Waals surface area contributed by atoms with Crippen LogP contribution < -0.4 is 4.50 Å². The third kappa shape index (κ3) is 2.77. The summed E-state index contributed by atoms with van der Waals surface area (Å²) in [5, 5.41) is 1.02. The minimum absolute atomic E-state index is 0.731. The van der Waals surface area contributed by atoms with Gasteiger partial charge in [0, 0.05) is 4.50 Å². The first kappa shape index (κ1) is 16.0. The van der Waals surface area contributed by atoms with E-state index < -0.39 is 8.07 Å². The molecule has 4 heteroatoms. The molecule has 0 aliphatic carbocycles. The molecule has 0 aliphatic rings. The van der Waals surface area contributed by atoms with Crippen LogP contribution in [-0.4, -0.2) is 8.07 Å². The molecule has 98 valence electrons. The van der Waals surface area contributed by atoms with E-state index in [2.05, 4.69) is 70.2 Å². The van der Waals surface area contributed by atoms with Gasteiger partial charge in [-0.2, -0.15) is 0 Å². The van der Waals surface area contributed by atoms with Gasteiger partial charge >= 0.3 is 0 Å². The molecule has 0 saturated heterocycles. The maximum Gasteiger partial charge on any atom is 0.109 e. The van der Waals surface area contributed by atoms with Gasteiger partial charge in [0.15, 0.2) is 0 Å². The second-order valence-corrected chi connectivity index (χ2v) is 15.2. The average molecular weight is 401 g/mol. The molecule has 17 heavy (non-hydrogen) atoms. The minimum Gasteiger partial charge on any atom is -0.137 e. The number of halogens is 2. The molecule has 0 saturated carbocycles. The Balaban J connectivity index is 3.47. The standard InChI is InChI=1S/C13H22ClISSi/c1-8(2)17(9(3)4,10(5)6)13-11(14)7-12(15)16-13/h7-10H,1-6H3. The normalized spacial score (nSPS) is 13.1. The zero-order chi connectivity index (χ0) is 13.4. The van der Waals surface area contributed by atoms with Crippen LogP contribution in [0, 0.1) is 2.88 Å². The van der Waals surface area contributed by atoms with Crippen molar-refractivity contribution < 1.29 is 0 Å². The highest BCUT2D eigenvalue weighted by molar-refractivity contribution is 14.1. The number of thiophene rings is 1. The molecular formula is C13H22ClISSi. The third-order valence-corrected chi connectivity index (χ3v) is 14.3. The van der Waals surface area contributed by atoms with Crippen LogP contribution in [0.3, 0.4) is 0 Å². The molecule has 0 aromatic carbocycles. The molecular weight excluding hydrogens is 379 g/mol. The molecule has 0 fully saturated rings. The number of hydrogen-bond acceptors (Lipinski definition) is 1. The van der Waals surface area contributed by atoms with Crippen molar-refractivity contribution in [2.75, 3.05) is 0 Å². The summed E-state index contributed by atoms with van der Waals surface area (Å²) in [6.07, 6.45) is 0. The van der Waals surface area contributed by atoms with Crippen molar-refractivity contribution in [3.8, 4) is 0 Å². The third-order valence-electron chi connectivity index (χ3n) is 3.92. The smallest absolute Gasteiger partial charge is 0.109 e. The Hall–Kier alpha value is 0.937. The van der Waals surface area contributed by atoms with Gasteiger partial charge in [0.1, 0.15) is 8.07 Å². The molecule has 1 heterocycles. The summed E-state index contributed by atoms with van der Waals surface area (Å²) in [7, 11) is -1.55. The van der Waals surface area contributed by atoms with E-state index in [4.69, 9.17) is 11.6 Å². The highest BCUT2D eigenvalue weighted by Gasteiger charge is 2.46. The van der Waals surface area contributed by atoms with Gasteiger partial charge in [0.2, 0.25) is 0 Å². The Bertz CT molecular complexity index is 363. The zero-order valence-electron chi connectivity index (χ0n) is 11.5. The van der Waals surface area contributed by atoms with E-state index in [0.717, 1.165) is 21.6 Å². The first-order valence-corrected chi connectivity index (χ1v) is 10.7. The average Bonchev–Trinajstić information content (AvgIpc) is 2.44. The Morgan fingerprint density at radius 3 is 1.71 bits per heavy atom. The molecule has 0 amide bonds. The van der Waals surface area contributed by atoms with Crippen LogP contribution in [-0.2, 0) is 0 Å². The summed E-state index contributed by atoms with van der Waals surface area (Å²) in [6.45, 7) is 14.3. The van der Waals surface area contributed by atoms with Gasteiger partial charge in [0.25, 0.3) is 0 Å². The highest BCUT2D eigenvalue weighted by atomic mass is 127. The fourth-order valence-corrected chi connectivity index (χ4v) is 15.7. The number of hydrogen-bond donors (Lipinski definition) is 0. The van der Waals surface area contributed by atoms with Crippen LogP contribution in [0.5, 0.6) is 0 Å². The fraction of sp³-hybridized carbons (Fsp3) is 0.692. The highest BCUT2D eigenvalue weighted by Crippen LogP contribution is 2.44. The topological polar surface area (TPSA) is 0 Å². The van der Waals surface area contributed by atoms with Gasteiger partial charge in [-0.3, -0.25) is 0 Å². The van der Waals surface area contributed by atoms with Crippen molar-refractivity contribution in [1.82, 2.24) is 0 Å². The van der Waals surface area contributed by atoms with Crippen molar-refractivity contribution in [1.29, 1.82) is 0 Å². The molecule has 0 N–H and O–H groups in total. The molecule has 1 aromatic rings. The van der Waals surface area contributed by atoms with Gasteiger partial charge in [0.05, 0.1) is 7.91 Å². The largest absolute Gasteiger partial charge is 0.137 e. The van der Waals surface area contributed by atoms with E-state index in [1.807, 2.05) is 11.3 Å². The minimum atomic E-state index is -1.55. The Kier molecular flexibility index (Phi) is 5.58. The number of rotatable bonds is 4. The molecule has 0 bridgehead atoms. The maximum atomic E-state index is 6.50. The summed E-state index contributed by atoms with van der Waals surface area (Å²) >= 11 is 10.8. The first-order chi connectivity index (χ1) is 7.74. The second kappa shape index (κ2) is 5.93. The lowest BCUT2D eigenvalue weighted by molar-refractivity contribution is 0.837. The molecule has 1 aromatic heterocycles. The van der Waals surface area contributed by atoms with Gasteiger partial charge in [-0.05, 0) is 45.3 Å². The molecule has 0 unspecified atom stereocenters. The Morgan fingerprint density at radius 1 is 1.06 bits per heavy atom. The molecule has 0 atom stereocenters. The maximum absolute atomic E-state index is 6.50. The van der Waals surface area contributed by atoms with Crippen molar-refractivity contribution >= 4 is 58.1 Å². The van der Waals surface area contributed by atoms with Gasteiger partial charge < -0.3 is 0 Å². The summed E-state index contributed by atoms with van der Waals surface area (Å²) in [5.41, 5.74) is 2.19. The Morgan fingerprint density at radius 2 is 1.47 bits per heavy atom. The molecule has 1 rings (SSSR count). The molecule has 0 aliphatic heterocycles. The lowest BCUT2D eigenvalue weighted by Gasteiger charge is -2.42. The summed E-state index contributed by atoms with van der Waals surface area (Å²) in [4.78, 5) is 0. The SMILES string of the molecule is CC(C)[Si](c1sc(I)cc1Cl)(C(C)C)C(C)C. The summed E-state index contributed by atoms with van der Waals surface area (Å²) in [6, 6.07) is 2.14. The van der Waals surface area contributed by atoms with Crippen molar-refractivity contribution in [3.05, 3.63) is 14.0 Å². The zero-order valence-corrected chi connectivity index (χ0v) is 16.2. The quantitative estimate of drug-likeness (QED) is 0.436. The van der Waals surface area contributed by atoms with Crippen LogP contribution in [0.4, 0.5) is 0 Å². The van der Waals surface area contributed by atoms with E-state index >= 15 is 0 Å². The molecule has 0 spiro atoms. The van der Waals surface area contributed by atoms with Gasteiger partial charge in [-0.1, -0.05) is 53.1 Å². The predicted molar refractivity (Wildman–Crippen MR) is 92.7 cm³/mol. The van der Waals surface area contributed by atoms with Crippen LogP contribution in [0.2, 0.25) is 21.6 Å². The van der Waals surface area contributed by atoms with Crippen molar-refractivity contribution in [2.45, 2.75) is 58.2 Å². The van der Waals surface area contributed by atoms with Crippen LogP contribution in [0.1, 0.15) is 41.5 Å².